The zero-order valence-electron chi connectivity index (χ0n) is 10.9. The first-order valence-corrected chi connectivity index (χ1v) is 6.51. The molecule has 0 spiro atoms. The zero-order chi connectivity index (χ0) is 13.2. The van der Waals surface area contributed by atoms with Gasteiger partial charge in [0.1, 0.15) is 0 Å². The van der Waals surface area contributed by atoms with E-state index in [9.17, 15) is 5.11 Å². The zero-order valence-corrected chi connectivity index (χ0v) is 10.9. The molecule has 1 N–H and O–H groups in total. The van der Waals surface area contributed by atoms with Crippen molar-refractivity contribution in [2.24, 2.45) is 0 Å². The number of benzene rings is 1. The fourth-order valence-corrected chi connectivity index (χ4v) is 2.37. The summed E-state index contributed by atoms with van der Waals surface area (Å²) >= 11 is 0. The molecule has 2 heterocycles. The minimum Gasteiger partial charge on any atom is -0.392 e. The van der Waals surface area contributed by atoms with Gasteiger partial charge in [-0.3, -0.25) is 4.90 Å². The van der Waals surface area contributed by atoms with Crippen molar-refractivity contribution in [3.8, 4) is 11.5 Å². The second-order valence-corrected chi connectivity index (χ2v) is 5.06. The Hall–Kier alpha value is -1.72. The molecular weight excluding hydrogens is 242 g/mol. The summed E-state index contributed by atoms with van der Waals surface area (Å²) in [6.07, 6.45) is 0.603. The van der Waals surface area contributed by atoms with Gasteiger partial charge in [0.15, 0.2) is 5.82 Å². The van der Waals surface area contributed by atoms with Crippen molar-refractivity contribution in [1.82, 2.24) is 15.0 Å². The van der Waals surface area contributed by atoms with Crippen LogP contribution < -0.4 is 0 Å². The van der Waals surface area contributed by atoms with Crippen LogP contribution in [0.2, 0.25) is 0 Å². The Bertz CT molecular complexity index is 567. The van der Waals surface area contributed by atoms with Gasteiger partial charge in [-0.1, -0.05) is 22.9 Å². The lowest BCUT2D eigenvalue weighted by Crippen LogP contribution is -2.22. The number of aromatic nitrogens is 2. The summed E-state index contributed by atoms with van der Waals surface area (Å²) in [5.74, 6) is 1.23. The monoisotopic (exact) mass is 259 g/mol. The average Bonchev–Trinajstić information content (AvgIpc) is 2.99. The highest BCUT2D eigenvalue weighted by molar-refractivity contribution is 5.53. The molecule has 3 rings (SSSR count). The predicted octanol–water partition coefficient (Wildman–Crippen LogP) is 1.61. The van der Waals surface area contributed by atoms with E-state index in [1.54, 1.807) is 0 Å². The predicted molar refractivity (Wildman–Crippen MR) is 70.4 cm³/mol. The molecule has 0 aliphatic carbocycles. The minimum absolute atomic E-state index is 0.219. The van der Waals surface area contributed by atoms with Crippen LogP contribution >= 0.6 is 0 Å². The molecule has 5 nitrogen and oxygen atoms in total. The molecule has 0 radical (unpaired) electrons. The van der Waals surface area contributed by atoms with Crippen LogP contribution in [0, 0.1) is 6.92 Å². The number of nitrogens with zero attached hydrogens (tertiary/aromatic N) is 3. The SMILES string of the molecule is Cc1cccc(-c2nc(CN3CC[C@H](O)C3)no2)c1. The standard InChI is InChI=1S/C14H17N3O2/c1-10-3-2-4-11(7-10)14-15-13(16-19-14)9-17-6-5-12(18)8-17/h2-4,7,12,18H,5-6,8-9H2,1H3/t12-/m0/s1. The lowest BCUT2D eigenvalue weighted by molar-refractivity contribution is 0.173. The van der Waals surface area contributed by atoms with Crippen LogP contribution in [0.1, 0.15) is 17.8 Å². The maximum absolute atomic E-state index is 9.49. The molecule has 1 aromatic carbocycles. The number of hydrogen-bond acceptors (Lipinski definition) is 5. The third kappa shape index (κ3) is 2.83. The van der Waals surface area contributed by atoms with E-state index in [-0.39, 0.29) is 6.10 Å². The van der Waals surface area contributed by atoms with Crippen molar-refractivity contribution in [3.05, 3.63) is 35.7 Å². The van der Waals surface area contributed by atoms with Crippen molar-refractivity contribution in [2.45, 2.75) is 26.0 Å². The Labute approximate surface area is 111 Å². The van der Waals surface area contributed by atoms with Crippen molar-refractivity contribution >= 4 is 0 Å². The van der Waals surface area contributed by atoms with Gasteiger partial charge in [-0.05, 0) is 25.5 Å². The molecule has 1 aliphatic rings. The van der Waals surface area contributed by atoms with E-state index in [2.05, 4.69) is 15.0 Å². The fourth-order valence-electron chi connectivity index (χ4n) is 2.37. The van der Waals surface area contributed by atoms with Crippen molar-refractivity contribution < 1.29 is 9.63 Å². The summed E-state index contributed by atoms with van der Waals surface area (Å²) in [5, 5.41) is 13.5. The molecule has 19 heavy (non-hydrogen) atoms. The molecule has 0 unspecified atom stereocenters. The van der Waals surface area contributed by atoms with Gasteiger partial charge < -0.3 is 9.63 Å². The highest BCUT2D eigenvalue weighted by Crippen LogP contribution is 2.19. The summed E-state index contributed by atoms with van der Waals surface area (Å²) in [6, 6.07) is 8.00. The second-order valence-electron chi connectivity index (χ2n) is 5.06. The van der Waals surface area contributed by atoms with E-state index in [1.165, 1.54) is 5.56 Å². The van der Waals surface area contributed by atoms with Gasteiger partial charge in [-0.2, -0.15) is 4.98 Å². The van der Waals surface area contributed by atoms with Crippen molar-refractivity contribution in [3.63, 3.8) is 0 Å². The fraction of sp³-hybridized carbons (Fsp3) is 0.429. The van der Waals surface area contributed by atoms with E-state index in [4.69, 9.17) is 4.52 Å². The van der Waals surface area contributed by atoms with E-state index in [0.717, 1.165) is 18.5 Å². The first kappa shape index (κ1) is 12.3. The first-order chi connectivity index (χ1) is 9.20. The number of aliphatic hydroxyl groups excluding tert-OH is 1. The number of rotatable bonds is 3. The molecular formula is C14H17N3O2. The largest absolute Gasteiger partial charge is 0.392 e. The Balaban J connectivity index is 1.73. The average molecular weight is 259 g/mol. The Morgan fingerprint density at radius 3 is 3.11 bits per heavy atom. The van der Waals surface area contributed by atoms with Crippen LogP contribution in [0.4, 0.5) is 0 Å². The quantitative estimate of drug-likeness (QED) is 0.907. The van der Waals surface area contributed by atoms with E-state index < -0.39 is 0 Å². The molecule has 0 amide bonds. The van der Waals surface area contributed by atoms with Gasteiger partial charge in [0.2, 0.25) is 0 Å². The molecule has 1 aromatic heterocycles. The molecule has 1 saturated heterocycles. The number of hydrogen-bond donors (Lipinski definition) is 1. The lowest BCUT2D eigenvalue weighted by atomic mass is 10.1. The van der Waals surface area contributed by atoms with Crippen molar-refractivity contribution in [2.75, 3.05) is 13.1 Å². The highest BCUT2D eigenvalue weighted by atomic mass is 16.5. The second kappa shape index (κ2) is 5.11. The molecule has 1 fully saturated rings. The molecule has 0 saturated carbocycles. The Morgan fingerprint density at radius 2 is 2.37 bits per heavy atom. The van der Waals surface area contributed by atoms with Crippen molar-refractivity contribution in [1.29, 1.82) is 0 Å². The van der Waals surface area contributed by atoms with E-state index in [0.29, 0.717) is 24.8 Å². The maximum atomic E-state index is 9.49. The summed E-state index contributed by atoms with van der Waals surface area (Å²) < 4.78 is 5.29. The van der Waals surface area contributed by atoms with Gasteiger partial charge >= 0.3 is 0 Å². The first-order valence-electron chi connectivity index (χ1n) is 6.51. The van der Waals surface area contributed by atoms with Crippen LogP contribution in [0.3, 0.4) is 0 Å². The van der Waals surface area contributed by atoms with Gasteiger partial charge in [0.05, 0.1) is 12.6 Å². The Morgan fingerprint density at radius 1 is 1.47 bits per heavy atom. The van der Waals surface area contributed by atoms with Crippen LogP contribution in [0.15, 0.2) is 28.8 Å². The number of aryl methyl sites for hydroxylation is 1. The van der Waals surface area contributed by atoms with E-state index in [1.807, 2.05) is 31.2 Å². The van der Waals surface area contributed by atoms with Crippen LogP contribution in [0.5, 0.6) is 0 Å². The molecule has 0 bridgehead atoms. The molecule has 1 atom stereocenters. The highest BCUT2D eigenvalue weighted by Gasteiger charge is 2.21. The van der Waals surface area contributed by atoms with Gasteiger partial charge in [-0.25, -0.2) is 0 Å². The number of β-amino-alcohol motifs (C(OH)–C–C–N with tert-alkyl or cyclic N) is 1. The number of aliphatic hydroxyl groups is 1. The summed E-state index contributed by atoms with van der Waals surface area (Å²) in [7, 11) is 0. The van der Waals surface area contributed by atoms with Gasteiger partial charge in [0.25, 0.3) is 5.89 Å². The Kier molecular flexibility index (Phi) is 3.31. The van der Waals surface area contributed by atoms with Crippen LogP contribution in [-0.2, 0) is 6.54 Å². The number of likely N-dealkylation sites (tertiary alicyclic amines) is 1. The summed E-state index contributed by atoms with van der Waals surface area (Å²) in [4.78, 5) is 6.54. The van der Waals surface area contributed by atoms with Gasteiger partial charge in [-0.15, -0.1) is 0 Å². The third-order valence-corrected chi connectivity index (χ3v) is 3.35. The van der Waals surface area contributed by atoms with E-state index >= 15 is 0 Å². The lowest BCUT2D eigenvalue weighted by Gasteiger charge is -2.10. The maximum Gasteiger partial charge on any atom is 0.257 e. The molecule has 5 heteroatoms. The molecule has 1 aliphatic heterocycles. The topological polar surface area (TPSA) is 62.4 Å². The van der Waals surface area contributed by atoms with Crippen LogP contribution in [0.25, 0.3) is 11.5 Å². The summed E-state index contributed by atoms with van der Waals surface area (Å²) in [5.41, 5.74) is 2.11. The van der Waals surface area contributed by atoms with Gasteiger partial charge in [0, 0.05) is 18.7 Å². The van der Waals surface area contributed by atoms with Crippen LogP contribution in [-0.4, -0.2) is 39.3 Å². The minimum atomic E-state index is -0.219. The normalized spacial score (nSPS) is 20.0. The molecule has 2 aromatic rings. The summed E-state index contributed by atoms with van der Waals surface area (Å²) in [6.45, 7) is 4.24. The molecule has 100 valence electrons. The third-order valence-electron chi connectivity index (χ3n) is 3.35. The smallest absolute Gasteiger partial charge is 0.257 e.